The third kappa shape index (κ3) is 5.51. The molecule has 0 saturated carbocycles. The maximum atomic E-state index is 12.5. The smallest absolute Gasteiger partial charge is 0.233 e. The van der Waals surface area contributed by atoms with Gasteiger partial charge >= 0.3 is 0 Å². The number of nitrogens with zero attached hydrogens (tertiary/aromatic N) is 4. The van der Waals surface area contributed by atoms with Crippen molar-refractivity contribution in [2.45, 2.75) is 11.7 Å². The van der Waals surface area contributed by atoms with E-state index in [0.717, 1.165) is 22.6 Å². The second kappa shape index (κ2) is 9.47. The van der Waals surface area contributed by atoms with Crippen molar-refractivity contribution in [1.82, 2.24) is 20.1 Å². The van der Waals surface area contributed by atoms with Crippen LogP contribution in [0.2, 0.25) is 0 Å². The van der Waals surface area contributed by atoms with E-state index in [0.29, 0.717) is 17.5 Å². The monoisotopic (exact) mass is 411 g/mol. The van der Waals surface area contributed by atoms with Gasteiger partial charge in [-0.1, -0.05) is 23.9 Å². The lowest BCUT2D eigenvalue weighted by molar-refractivity contribution is -0.127. The lowest BCUT2D eigenvalue weighted by Crippen LogP contribution is -2.27. The largest absolute Gasteiger partial charge is 0.497 e. The van der Waals surface area contributed by atoms with Crippen molar-refractivity contribution in [2.75, 3.05) is 38.9 Å². The molecular weight excluding hydrogens is 386 g/mol. The predicted octanol–water partition coefficient (Wildman–Crippen LogP) is 3.30. The number of ether oxygens (including phenoxy) is 1. The Hall–Kier alpha value is -3.00. The fourth-order valence-corrected chi connectivity index (χ4v) is 3.43. The van der Waals surface area contributed by atoms with Gasteiger partial charge in [0, 0.05) is 38.9 Å². The van der Waals surface area contributed by atoms with Gasteiger partial charge in [-0.05, 0) is 42.0 Å². The highest BCUT2D eigenvalue weighted by molar-refractivity contribution is 7.99. The molecule has 1 aromatic heterocycles. The highest BCUT2D eigenvalue weighted by Gasteiger charge is 2.13. The number of hydrogen-bond acceptors (Lipinski definition) is 6. The minimum atomic E-state index is 0.0301. The van der Waals surface area contributed by atoms with Crippen molar-refractivity contribution in [1.29, 1.82) is 0 Å². The first-order chi connectivity index (χ1) is 14.0. The van der Waals surface area contributed by atoms with E-state index in [9.17, 15) is 4.79 Å². The van der Waals surface area contributed by atoms with E-state index < -0.39 is 0 Å². The second-order valence-electron chi connectivity index (χ2n) is 6.79. The van der Waals surface area contributed by atoms with Crippen LogP contribution >= 0.6 is 11.8 Å². The van der Waals surface area contributed by atoms with E-state index in [1.54, 1.807) is 12.0 Å². The summed E-state index contributed by atoms with van der Waals surface area (Å²) < 4.78 is 5.16. The quantitative estimate of drug-likeness (QED) is 0.574. The van der Waals surface area contributed by atoms with Crippen molar-refractivity contribution in [2.24, 2.45) is 0 Å². The van der Waals surface area contributed by atoms with Gasteiger partial charge in [0.15, 0.2) is 5.82 Å². The first-order valence-corrected chi connectivity index (χ1v) is 10.1. The molecule has 3 rings (SSSR count). The lowest BCUT2D eigenvalue weighted by Gasteiger charge is -2.18. The molecule has 3 aromatic rings. The molecule has 7 nitrogen and oxygen atoms in total. The predicted molar refractivity (Wildman–Crippen MR) is 116 cm³/mol. The first kappa shape index (κ1) is 20.7. The number of thioether (sulfide) groups is 1. The van der Waals surface area contributed by atoms with E-state index in [-0.39, 0.29) is 11.7 Å². The molecule has 29 heavy (non-hydrogen) atoms. The van der Waals surface area contributed by atoms with Crippen molar-refractivity contribution in [3.05, 3.63) is 54.1 Å². The van der Waals surface area contributed by atoms with Crippen molar-refractivity contribution in [3.8, 4) is 17.1 Å². The SMILES string of the molecule is COc1ccc(-c2nc(SCC(=O)N(C)Cc3ccc(N(C)C)cc3)n[nH]2)cc1. The zero-order valence-electron chi connectivity index (χ0n) is 17.0. The number of carbonyl (C=O) groups is 1. The number of benzene rings is 2. The fraction of sp³-hybridized carbons (Fsp3) is 0.286. The molecule has 0 atom stereocenters. The van der Waals surface area contributed by atoms with Crippen LogP contribution in [0, 0.1) is 0 Å². The molecule has 152 valence electrons. The number of aromatic nitrogens is 3. The van der Waals surface area contributed by atoms with Crippen molar-refractivity contribution < 1.29 is 9.53 Å². The number of nitrogens with one attached hydrogen (secondary N) is 1. The minimum absolute atomic E-state index is 0.0301. The molecule has 0 aliphatic heterocycles. The topological polar surface area (TPSA) is 74.3 Å². The van der Waals surface area contributed by atoms with E-state index in [1.807, 2.05) is 62.4 Å². The maximum Gasteiger partial charge on any atom is 0.233 e. The Balaban J connectivity index is 1.52. The number of H-pyrrole nitrogens is 1. The molecule has 0 aliphatic rings. The molecule has 1 amide bonds. The molecule has 0 fully saturated rings. The molecule has 2 aromatic carbocycles. The number of rotatable bonds is 8. The van der Waals surface area contributed by atoms with E-state index in [4.69, 9.17) is 4.74 Å². The number of methoxy groups -OCH3 is 1. The van der Waals surface area contributed by atoms with E-state index >= 15 is 0 Å². The molecule has 0 bridgehead atoms. The van der Waals surface area contributed by atoms with Gasteiger partial charge < -0.3 is 14.5 Å². The van der Waals surface area contributed by atoms with Gasteiger partial charge in [0.25, 0.3) is 0 Å². The maximum absolute atomic E-state index is 12.5. The van der Waals surface area contributed by atoms with E-state index in [2.05, 4.69) is 27.3 Å². The average molecular weight is 412 g/mol. The van der Waals surface area contributed by atoms with Crippen molar-refractivity contribution in [3.63, 3.8) is 0 Å². The summed E-state index contributed by atoms with van der Waals surface area (Å²) >= 11 is 1.32. The Morgan fingerprint density at radius 3 is 2.38 bits per heavy atom. The van der Waals surface area contributed by atoms with Gasteiger partial charge in [0.2, 0.25) is 11.1 Å². The molecular formula is C21H25N5O2S. The Morgan fingerprint density at radius 2 is 1.76 bits per heavy atom. The summed E-state index contributed by atoms with van der Waals surface area (Å²) in [7, 11) is 7.45. The number of carbonyl (C=O) groups excluding carboxylic acids is 1. The van der Waals surface area contributed by atoms with Crippen LogP contribution in [0.3, 0.4) is 0 Å². The second-order valence-corrected chi connectivity index (χ2v) is 7.74. The zero-order chi connectivity index (χ0) is 20.8. The highest BCUT2D eigenvalue weighted by Crippen LogP contribution is 2.22. The molecule has 1 N–H and O–H groups in total. The molecule has 0 aliphatic carbocycles. The third-order valence-electron chi connectivity index (χ3n) is 4.45. The summed E-state index contributed by atoms with van der Waals surface area (Å²) in [6.45, 7) is 0.568. The van der Waals surface area contributed by atoms with Crippen molar-refractivity contribution >= 4 is 23.4 Å². The van der Waals surface area contributed by atoms with Gasteiger partial charge in [0.05, 0.1) is 12.9 Å². The van der Waals surface area contributed by atoms with Gasteiger partial charge in [-0.15, -0.1) is 5.10 Å². The number of hydrogen-bond donors (Lipinski definition) is 1. The Bertz CT molecular complexity index is 938. The van der Waals surface area contributed by atoms with Crippen LogP contribution in [0.5, 0.6) is 5.75 Å². The number of anilines is 1. The van der Waals surface area contributed by atoms with Crippen LogP contribution in [-0.4, -0.2) is 60.0 Å². The summed E-state index contributed by atoms with van der Waals surface area (Å²) in [6, 6.07) is 15.8. The molecule has 0 saturated heterocycles. The highest BCUT2D eigenvalue weighted by atomic mass is 32.2. The minimum Gasteiger partial charge on any atom is -0.497 e. The Kier molecular flexibility index (Phi) is 6.77. The summed E-state index contributed by atoms with van der Waals surface area (Å²) in [4.78, 5) is 20.7. The summed E-state index contributed by atoms with van der Waals surface area (Å²) in [6.07, 6.45) is 0. The summed E-state index contributed by atoms with van der Waals surface area (Å²) in [5.41, 5.74) is 3.14. The van der Waals surface area contributed by atoms with Crippen LogP contribution in [0.1, 0.15) is 5.56 Å². The van der Waals surface area contributed by atoms with Gasteiger partial charge in [0.1, 0.15) is 5.75 Å². The first-order valence-electron chi connectivity index (χ1n) is 9.16. The fourth-order valence-electron chi connectivity index (χ4n) is 2.69. The van der Waals surface area contributed by atoms with Crippen LogP contribution in [-0.2, 0) is 11.3 Å². The van der Waals surface area contributed by atoms with Crippen LogP contribution < -0.4 is 9.64 Å². The number of amides is 1. The summed E-state index contributed by atoms with van der Waals surface area (Å²) in [5.74, 6) is 1.76. The van der Waals surface area contributed by atoms with Gasteiger partial charge in [-0.2, -0.15) is 0 Å². The normalized spacial score (nSPS) is 10.6. The Morgan fingerprint density at radius 1 is 1.07 bits per heavy atom. The molecule has 0 radical (unpaired) electrons. The lowest BCUT2D eigenvalue weighted by atomic mass is 10.2. The van der Waals surface area contributed by atoms with Crippen LogP contribution in [0.4, 0.5) is 5.69 Å². The van der Waals surface area contributed by atoms with Crippen LogP contribution in [0.15, 0.2) is 53.7 Å². The van der Waals surface area contributed by atoms with E-state index in [1.165, 1.54) is 11.8 Å². The Labute approximate surface area is 175 Å². The molecule has 8 heteroatoms. The molecule has 0 unspecified atom stereocenters. The third-order valence-corrected chi connectivity index (χ3v) is 5.28. The van der Waals surface area contributed by atoms with Gasteiger partial charge in [-0.3, -0.25) is 9.89 Å². The molecule has 1 heterocycles. The standard InChI is InChI=1S/C21H25N5O2S/c1-25(2)17-9-5-15(6-10-17)13-26(3)19(27)14-29-21-22-20(23-24-21)16-7-11-18(28-4)12-8-16/h5-12H,13-14H2,1-4H3,(H,22,23,24). The zero-order valence-corrected chi connectivity index (χ0v) is 17.9. The molecule has 0 spiro atoms. The van der Waals surface area contributed by atoms with Gasteiger partial charge in [-0.25, -0.2) is 4.98 Å². The number of aromatic amines is 1. The average Bonchev–Trinajstić information content (AvgIpc) is 3.21. The van der Waals surface area contributed by atoms with Crippen LogP contribution in [0.25, 0.3) is 11.4 Å². The summed E-state index contributed by atoms with van der Waals surface area (Å²) in [5, 5.41) is 7.66.